The molecule has 1 N–H and O–H groups in total. The van der Waals surface area contributed by atoms with Crippen molar-refractivity contribution in [2.24, 2.45) is 0 Å². The zero-order valence-corrected chi connectivity index (χ0v) is 14.1. The van der Waals surface area contributed by atoms with Crippen molar-refractivity contribution >= 4 is 11.8 Å². The molecular weight excluding hydrogens is 318 g/mol. The van der Waals surface area contributed by atoms with Gasteiger partial charge in [-0.05, 0) is 26.0 Å². The summed E-state index contributed by atoms with van der Waals surface area (Å²) in [7, 11) is 0. The van der Waals surface area contributed by atoms with E-state index in [1.165, 1.54) is 13.8 Å². The molecule has 0 radical (unpaired) electrons. The summed E-state index contributed by atoms with van der Waals surface area (Å²) in [5.41, 5.74) is -0.606. The quantitative estimate of drug-likeness (QED) is 0.722. The lowest BCUT2D eigenvalue weighted by Gasteiger charge is -2.15. The largest absolute Gasteiger partial charge is 0.573 e. The van der Waals surface area contributed by atoms with Gasteiger partial charge in [-0.25, -0.2) is 9.18 Å². The van der Waals surface area contributed by atoms with E-state index in [-0.39, 0.29) is 12.2 Å². The first-order chi connectivity index (χ1) is 10.7. The van der Waals surface area contributed by atoms with E-state index in [1.807, 2.05) is 33.0 Å². The molecule has 4 nitrogen and oxygen atoms in total. The van der Waals surface area contributed by atoms with Gasteiger partial charge in [-0.3, -0.25) is 5.32 Å². The number of rotatable bonds is 3. The lowest BCUT2D eigenvalue weighted by Crippen LogP contribution is -2.19. The fourth-order valence-corrected chi connectivity index (χ4v) is 1.32. The van der Waals surface area contributed by atoms with Crippen LogP contribution < -0.4 is 10.1 Å². The molecule has 0 aromatic heterocycles. The van der Waals surface area contributed by atoms with Crippen LogP contribution in [0, 0.1) is 12.7 Å². The number of nitrogens with one attached hydrogen (secondary N) is 1. The zero-order chi connectivity index (χ0) is 18.6. The Bertz CT molecular complexity index is 477. The minimum absolute atomic E-state index is 0.0469. The Morgan fingerprint density at radius 1 is 1.17 bits per heavy atom. The molecular formula is C15H23F4NO3. The van der Waals surface area contributed by atoms with Gasteiger partial charge < -0.3 is 9.47 Å². The third-order valence-corrected chi connectivity index (χ3v) is 2.09. The molecule has 1 amide bonds. The van der Waals surface area contributed by atoms with Crippen molar-refractivity contribution in [2.45, 2.75) is 47.9 Å². The number of amides is 1. The summed E-state index contributed by atoms with van der Waals surface area (Å²) < 4.78 is 58.0. The third-order valence-electron chi connectivity index (χ3n) is 2.09. The molecule has 0 saturated carbocycles. The summed E-state index contributed by atoms with van der Waals surface area (Å²) in [5, 5.41) is 2.02. The topological polar surface area (TPSA) is 47.6 Å². The molecule has 0 saturated heterocycles. The van der Waals surface area contributed by atoms with Gasteiger partial charge in [-0.2, -0.15) is 0 Å². The predicted molar refractivity (Wildman–Crippen MR) is 81.2 cm³/mol. The summed E-state index contributed by atoms with van der Waals surface area (Å²) in [6.07, 6.45) is -5.86. The van der Waals surface area contributed by atoms with Crippen LogP contribution in [0.4, 0.5) is 28.0 Å². The van der Waals surface area contributed by atoms with Crippen molar-refractivity contribution < 1.29 is 31.8 Å². The highest BCUT2D eigenvalue weighted by Gasteiger charge is 2.32. The maximum absolute atomic E-state index is 13.5. The predicted octanol–water partition coefficient (Wildman–Crippen LogP) is 5.65. The van der Waals surface area contributed by atoms with Gasteiger partial charge in [0.05, 0.1) is 12.3 Å². The molecule has 0 aliphatic carbocycles. The molecule has 0 atom stereocenters. The number of ether oxygens (including phenoxy) is 2. The first kappa shape index (κ1) is 23.3. The second-order valence-electron chi connectivity index (χ2n) is 3.44. The monoisotopic (exact) mass is 341 g/mol. The van der Waals surface area contributed by atoms with E-state index in [1.54, 1.807) is 0 Å². The van der Waals surface area contributed by atoms with Crippen LogP contribution in [0.2, 0.25) is 0 Å². The number of halogens is 4. The van der Waals surface area contributed by atoms with Gasteiger partial charge in [-0.15, -0.1) is 13.2 Å². The fraction of sp³-hybridized carbons (Fsp3) is 0.533. The van der Waals surface area contributed by atoms with Gasteiger partial charge in [0.25, 0.3) is 0 Å². The Hall–Kier alpha value is -1.99. The smallest absolute Gasteiger partial charge is 0.450 e. The van der Waals surface area contributed by atoms with E-state index in [9.17, 15) is 22.4 Å². The first-order valence-electron chi connectivity index (χ1n) is 7.23. The number of carbonyl (C=O) groups is 1. The van der Waals surface area contributed by atoms with Crippen LogP contribution in [-0.2, 0) is 4.74 Å². The van der Waals surface area contributed by atoms with Gasteiger partial charge in [0.2, 0.25) is 0 Å². The Balaban J connectivity index is 0. The lowest BCUT2D eigenvalue weighted by molar-refractivity contribution is -0.274. The minimum Gasteiger partial charge on any atom is -0.450 e. The van der Waals surface area contributed by atoms with Crippen LogP contribution in [0.3, 0.4) is 0 Å². The number of carbonyl (C=O) groups excluding carboxylic acids is 1. The van der Waals surface area contributed by atoms with E-state index in [0.29, 0.717) is 0 Å². The highest BCUT2D eigenvalue weighted by atomic mass is 19.4. The molecule has 1 aromatic carbocycles. The van der Waals surface area contributed by atoms with E-state index in [4.69, 9.17) is 0 Å². The van der Waals surface area contributed by atoms with Crippen molar-refractivity contribution in [1.82, 2.24) is 0 Å². The summed E-state index contributed by atoms with van der Waals surface area (Å²) in [4.78, 5) is 11.2. The second-order valence-corrected chi connectivity index (χ2v) is 3.44. The van der Waals surface area contributed by atoms with Crippen LogP contribution in [0.1, 0.15) is 40.2 Å². The maximum Gasteiger partial charge on any atom is 0.573 e. The molecule has 0 fully saturated rings. The summed E-state index contributed by atoms with van der Waals surface area (Å²) in [6, 6.07) is 1.59. The molecule has 0 spiro atoms. The second kappa shape index (κ2) is 11.6. The Labute approximate surface area is 133 Å². The van der Waals surface area contributed by atoms with Crippen LogP contribution >= 0.6 is 0 Å². The standard InChI is InChI=1S/C11H11F4NO3.2C2H6/c1-3-18-10(17)16-9-6(2)8(5-4-7(9)12)19-11(13,14)15;2*1-2/h4-5H,3H2,1-2H3,(H,16,17);2*1-2H3. The lowest BCUT2D eigenvalue weighted by atomic mass is 10.1. The Kier molecular flexibility index (Phi) is 11.7. The van der Waals surface area contributed by atoms with E-state index in [0.717, 1.165) is 12.1 Å². The number of anilines is 1. The molecule has 1 rings (SSSR count). The highest BCUT2D eigenvalue weighted by Crippen LogP contribution is 2.32. The molecule has 0 unspecified atom stereocenters. The molecule has 0 aliphatic rings. The van der Waals surface area contributed by atoms with Crippen molar-refractivity contribution in [3.63, 3.8) is 0 Å². The first-order valence-corrected chi connectivity index (χ1v) is 7.23. The van der Waals surface area contributed by atoms with Crippen molar-refractivity contribution in [3.05, 3.63) is 23.5 Å². The maximum atomic E-state index is 13.5. The van der Waals surface area contributed by atoms with Gasteiger partial charge >= 0.3 is 12.5 Å². The van der Waals surface area contributed by atoms with Gasteiger partial charge in [0.1, 0.15) is 11.6 Å². The van der Waals surface area contributed by atoms with Crippen molar-refractivity contribution in [3.8, 4) is 5.75 Å². The SMILES string of the molecule is CC.CC.CCOC(=O)Nc1c(F)ccc(OC(F)(F)F)c1C. The van der Waals surface area contributed by atoms with Gasteiger partial charge in [-0.1, -0.05) is 27.7 Å². The average molecular weight is 341 g/mol. The van der Waals surface area contributed by atoms with E-state index in [2.05, 4.69) is 9.47 Å². The summed E-state index contributed by atoms with van der Waals surface area (Å²) in [5.74, 6) is -1.49. The summed E-state index contributed by atoms with van der Waals surface area (Å²) >= 11 is 0. The highest BCUT2D eigenvalue weighted by molar-refractivity contribution is 5.86. The van der Waals surface area contributed by atoms with E-state index < -0.39 is 29.7 Å². The van der Waals surface area contributed by atoms with Crippen molar-refractivity contribution in [1.29, 1.82) is 0 Å². The molecule has 0 aliphatic heterocycles. The minimum atomic E-state index is -4.90. The molecule has 0 heterocycles. The molecule has 1 aromatic rings. The number of benzene rings is 1. The fourth-order valence-electron chi connectivity index (χ4n) is 1.32. The van der Waals surface area contributed by atoms with Crippen LogP contribution in [0.15, 0.2) is 12.1 Å². The van der Waals surface area contributed by atoms with Gasteiger partial charge in [0, 0.05) is 5.56 Å². The zero-order valence-electron chi connectivity index (χ0n) is 14.1. The van der Waals surface area contributed by atoms with Crippen LogP contribution in [-0.4, -0.2) is 19.1 Å². The normalized spacial score (nSPS) is 9.65. The number of hydrogen-bond acceptors (Lipinski definition) is 3. The van der Waals surface area contributed by atoms with E-state index >= 15 is 0 Å². The summed E-state index contributed by atoms with van der Waals surface area (Å²) in [6.45, 7) is 10.8. The molecule has 23 heavy (non-hydrogen) atoms. The van der Waals surface area contributed by atoms with Gasteiger partial charge in [0.15, 0.2) is 0 Å². The Morgan fingerprint density at radius 3 is 2.13 bits per heavy atom. The third kappa shape index (κ3) is 8.90. The molecule has 0 bridgehead atoms. The number of hydrogen-bond donors (Lipinski definition) is 1. The molecule has 134 valence electrons. The Morgan fingerprint density at radius 2 is 1.70 bits per heavy atom. The van der Waals surface area contributed by atoms with Crippen LogP contribution in [0.25, 0.3) is 0 Å². The average Bonchev–Trinajstić information content (AvgIpc) is 2.50. The molecule has 8 heteroatoms. The van der Waals surface area contributed by atoms with Crippen molar-refractivity contribution in [2.75, 3.05) is 11.9 Å². The van der Waals surface area contributed by atoms with Crippen LogP contribution in [0.5, 0.6) is 5.75 Å². The number of alkyl halides is 3.